The van der Waals surface area contributed by atoms with Crippen LogP contribution in [0.5, 0.6) is 0 Å². The van der Waals surface area contributed by atoms with Crippen molar-refractivity contribution >= 4 is 57.2 Å². The molecule has 0 unspecified atom stereocenters. The van der Waals surface area contributed by atoms with Crippen molar-refractivity contribution in [1.82, 2.24) is 0 Å². The Labute approximate surface area is 261 Å². The van der Waals surface area contributed by atoms with E-state index < -0.39 is 0 Å². The first-order valence-corrected chi connectivity index (χ1v) is 16.7. The van der Waals surface area contributed by atoms with Gasteiger partial charge >= 0.3 is 0 Å². The van der Waals surface area contributed by atoms with Gasteiger partial charge < -0.3 is 9.80 Å². The number of fused-ring (bicyclic) bond motifs is 4. The quantitative estimate of drug-likeness (QED) is 0.197. The Hall–Kier alpha value is -4.24. The number of rotatable bonds is 3. The molecule has 4 aliphatic carbocycles. The minimum absolute atomic E-state index is 0.192. The first-order chi connectivity index (χ1) is 21.7. The van der Waals surface area contributed by atoms with E-state index in [1.165, 1.54) is 94.6 Å². The molecule has 0 atom stereocenters. The highest BCUT2D eigenvalue weighted by molar-refractivity contribution is 7.00. The predicted octanol–water partition coefficient (Wildman–Crippen LogP) is 8.55. The second kappa shape index (κ2) is 9.14. The Morgan fingerprint density at radius 1 is 0.545 bits per heavy atom. The summed E-state index contributed by atoms with van der Waals surface area (Å²) in [5.41, 5.74) is 15.4. The molecule has 2 nitrogen and oxygen atoms in total. The Kier molecular flexibility index (Phi) is 5.22. The third kappa shape index (κ3) is 3.44. The molecule has 4 bridgehead atoms. The van der Waals surface area contributed by atoms with Crippen molar-refractivity contribution in [2.24, 2.45) is 17.8 Å². The average Bonchev–Trinajstić information content (AvgIpc) is 3.05. The van der Waals surface area contributed by atoms with E-state index in [1.54, 1.807) is 5.56 Å². The van der Waals surface area contributed by atoms with Crippen LogP contribution >= 0.6 is 0 Å². The molecule has 0 saturated heterocycles. The van der Waals surface area contributed by atoms with E-state index in [0.717, 1.165) is 17.8 Å². The average molecular weight is 569 g/mol. The van der Waals surface area contributed by atoms with Gasteiger partial charge in [0.15, 0.2) is 0 Å². The summed E-state index contributed by atoms with van der Waals surface area (Å²) in [6.45, 7) is 2.60. The molecule has 0 spiro atoms. The maximum absolute atomic E-state index is 2.66. The standard InChI is InChI=1S/C41H37BN2/c1-27-19-31(41-24-28-20-29(25-41)22-30(21-28)26-41)23-38-39(27)42-34-15-8-9-16-35(34)43(32-11-4-2-5-12-32)36-17-10-18-37(40(36)42)44(38)33-13-6-3-7-14-33/h2-19,23,28-30H,20-22,24-26H2,1H3. The van der Waals surface area contributed by atoms with Crippen molar-refractivity contribution in [2.45, 2.75) is 50.9 Å². The van der Waals surface area contributed by atoms with Gasteiger partial charge in [-0.3, -0.25) is 0 Å². The number of benzene rings is 5. The highest BCUT2D eigenvalue weighted by atomic mass is 15.2. The van der Waals surface area contributed by atoms with Crippen LogP contribution in [0, 0.1) is 24.7 Å². The molecule has 44 heavy (non-hydrogen) atoms. The molecule has 2 heterocycles. The number of aryl methyl sites for hydroxylation is 1. The van der Waals surface area contributed by atoms with Gasteiger partial charge in [0.25, 0.3) is 6.71 Å². The van der Waals surface area contributed by atoms with Crippen LogP contribution in [0.15, 0.2) is 115 Å². The molecule has 4 saturated carbocycles. The van der Waals surface area contributed by atoms with Gasteiger partial charge in [-0.15, -0.1) is 0 Å². The van der Waals surface area contributed by atoms with Crippen LogP contribution in [0.3, 0.4) is 0 Å². The zero-order valence-corrected chi connectivity index (χ0v) is 25.4. The van der Waals surface area contributed by atoms with E-state index in [9.17, 15) is 0 Å². The Balaban J connectivity index is 1.25. The molecule has 0 N–H and O–H groups in total. The van der Waals surface area contributed by atoms with E-state index in [2.05, 4.69) is 132 Å². The first kappa shape index (κ1) is 25.1. The van der Waals surface area contributed by atoms with Gasteiger partial charge in [0.1, 0.15) is 0 Å². The predicted molar refractivity (Wildman–Crippen MR) is 185 cm³/mol. The lowest BCUT2D eigenvalue weighted by atomic mass is 9.32. The number of nitrogens with zero attached hydrogens (tertiary/aromatic N) is 2. The van der Waals surface area contributed by atoms with E-state index in [0.29, 0.717) is 5.41 Å². The van der Waals surface area contributed by atoms with Crippen LogP contribution in [-0.4, -0.2) is 6.71 Å². The van der Waals surface area contributed by atoms with Gasteiger partial charge in [0.05, 0.1) is 0 Å². The summed E-state index contributed by atoms with van der Waals surface area (Å²) >= 11 is 0. The van der Waals surface area contributed by atoms with Gasteiger partial charge in [-0.05, 0) is 139 Å². The largest absolute Gasteiger partial charge is 0.311 e. The smallest absolute Gasteiger partial charge is 0.252 e. The molecule has 214 valence electrons. The molecule has 0 aromatic heterocycles. The highest BCUT2D eigenvalue weighted by Crippen LogP contribution is 2.61. The van der Waals surface area contributed by atoms with Crippen molar-refractivity contribution in [2.75, 3.05) is 9.80 Å². The molecular formula is C41H37BN2. The van der Waals surface area contributed by atoms with Gasteiger partial charge in [-0.25, -0.2) is 0 Å². The van der Waals surface area contributed by atoms with Crippen LogP contribution in [0.4, 0.5) is 34.1 Å². The fourth-order valence-corrected chi connectivity index (χ4v) is 10.7. The van der Waals surface area contributed by atoms with Crippen LogP contribution in [0.25, 0.3) is 0 Å². The second-order valence-corrected chi connectivity index (χ2v) is 14.5. The summed E-state index contributed by atoms with van der Waals surface area (Å²) < 4.78 is 0. The molecule has 6 aliphatic rings. The minimum atomic E-state index is 0.192. The van der Waals surface area contributed by atoms with E-state index in [1.807, 2.05) is 0 Å². The molecule has 5 aromatic carbocycles. The van der Waals surface area contributed by atoms with Gasteiger partial charge in [0.2, 0.25) is 0 Å². The van der Waals surface area contributed by atoms with Gasteiger partial charge in [0, 0.05) is 34.1 Å². The molecular weight excluding hydrogens is 531 g/mol. The molecule has 2 aliphatic heterocycles. The Bertz CT molecular complexity index is 1890. The summed E-state index contributed by atoms with van der Waals surface area (Å²) in [5, 5.41) is 0. The summed E-state index contributed by atoms with van der Waals surface area (Å²) in [6.07, 6.45) is 8.61. The number of hydrogen-bond donors (Lipinski definition) is 0. The first-order valence-electron chi connectivity index (χ1n) is 16.7. The van der Waals surface area contributed by atoms with Crippen LogP contribution in [-0.2, 0) is 5.41 Å². The highest BCUT2D eigenvalue weighted by Gasteiger charge is 2.52. The number of anilines is 6. The second-order valence-electron chi connectivity index (χ2n) is 14.5. The molecule has 0 amide bonds. The summed E-state index contributed by atoms with van der Waals surface area (Å²) in [5.74, 6) is 2.79. The molecule has 11 rings (SSSR count). The van der Waals surface area contributed by atoms with E-state index >= 15 is 0 Å². The van der Waals surface area contributed by atoms with Crippen LogP contribution < -0.4 is 26.2 Å². The molecule has 0 radical (unpaired) electrons. The Morgan fingerprint density at radius 2 is 1.07 bits per heavy atom. The monoisotopic (exact) mass is 568 g/mol. The number of para-hydroxylation sites is 3. The zero-order valence-electron chi connectivity index (χ0n) is 25.4. The third-order valence-electron chi connectivity index (χ3n) is 11.9. The lowest BCUT2D eigenvalue weighted by Gasteiger charge is -2.57. The minimum Gasteiger partial charge on any atom is -0.311 e. The van der Waals surface area contributed by atoms with Gasteiger partial charge in [-0.1, -0.05) is 72.3 Å². The van der Waals surface area contributed by atoms with Crippen molar-refractivity contribution in [1.29, 1.82) is 0 Å². The van der Waals surface area contributed by atoms with Gasteiger partial charge in [-0.2, -0.15) is 0 Å². The maximum Gasteiger partial charge on any atom is 0.252 e. The lowest BCUT2D eigenvalue weighted by Crippen LogP contribution is -2.62. The topological polar surface area (TPSA) is 6.48 Å². The maximum atomic E-state index is 2.66. The normalized spacial score (nSPS) is 25.5. The third-order valence-corrected chi connectivity index (χ3v) is 11.9. The summed E-state index contributed by atoms with van der Waals surface area (Å²) in [7, 11) is 0. The van der Waals surface area contributed by atoms with Crippen LogP contribution in [0.1, 0.15) is 49.7 Å². The SMILES string of the molecule is Cc1cc(C23CC4CC(CC(C4)C2)C3)cc2c1B1c3ccccc3N(c3ccccc3)c3cccc(c31)N2c1ccccc1. The molecule has 3 heteroatoms. The fourth-order valence-electron chi connectivity index (χ4n) is 10.7. The van der Waals surface area contributed by atoms with Crippen molar-refractivity contribution in [3.63, 3.8) is 0 Å². The summed E-state index contributed by atoms with van der Waals surface area (Å²) in [4.78, 5) is 5.08. The van der Waals surface area contributed by atoms with Crippen LogP contribution in [0.2, 0.25) is 0 Å². The zero-order chi connectivity index (χ0) is 29.0. The fraction of sp³-hybridized carbons (Fsp3) is 0.268. The Morgan fingerprint density at radius 3 is 1.68 bits per heavy atom. The van der Waals surface area contributed by atoms with E-state index in [-0.39, 0.29) is 6.71 Å². The van der Waals surface area contributed by atoms with Crippen molar-refractivity contribution in [3.8, 4) is 0 Å². The molecule has 5 aromatic rings. The molecule has 4 fully saturated rings. The van der Waals surface area contributed by atoms with Crippen molar-refractivity contribution in [3.05, 3.63) is 126 Å². The lowest BCUT2D eigenvalue weighted by molar-refractivity contribution is -0.00518. The summed E-state index contributed by atoms with van der Waals surface area (Å²) in [6, 6.07) is 43.4. The van der Waals surface area contributed by atoms with E-state index in [4.69, 9.17) is 0 Å². The van der Waals surface area contributed by atoms with Crippen molar-refractivity contribution < 1.29 is 0 Å². The number of hydrogen-bond acceptors (Lipinski definition) is 2.